The second-order valence-electron chi connectivity index (χ2n) is 5.74. The summed E-state index contributed by atoms with van der Waals surface area (Å²) in [5.41, 5.74) is 1.34. The summed E-state index contributed by atoms with van der Waals surface area (Å²) in [5.74, 6) is -0.00115. The van der Waals surface area contributed by atoms with Crippen molar-refractivity contribution in [2.45, 2.75) is 25.9 Å². The third kappa shape index (κ3) is 3.65. The first-order valence-electron chi connectivity index (χ1n) is 7.99. The number of benzene rings is 1. The first-order chi connectivity index (χ1) is 11.6. The van der Waals surface area contributed by atoms with E-state index >= 15 is 0 Å². The highest BCUT2D eigenvalue weighted by atomic mass is 16.5. The number of anilines is 1. The molecule has 1 fully saturated rings. The second kappa shape index (κ2) is 7.31. The van der Waals surface area contributed by atoms with Crippen LogP contribution < -0.4 is 10.6 Å². The van der Waals surface area contributed by atoms with Gasteiger partial charge < -0.3 is 19.8 Å². The van der Waals surface area contributed by atoms with Gasteiger partial charge in [-0.1, -0.05) is 12.1 Å². The molecule has 126 valence electrons. The SMILES string of the molecule is Cc1occc1C(=O)Nc1ccccc1C(=O)NCC1CCCO1. The monoisotopic (exact) mass is 328 g/mol. The maximum absolute atomic E-state index is 12.4. The van der Waals surface area contributed by atoms with Crippen LogP contribution in [0.15, 0.2) is 41.0 Å². The lowest BCUT2D eigenvalue weighted by Crippen LogP contribution is -2.32. The standard InChI is InChI=1S/C18H20N2O4/c1-12-14(8-10-23-12)18(22)20-16-7-3-2-6-15(16)17(21)19-11-13-5-4-9-24-13/h2-3,6-8,10,13H,4-5,9,11H2,1H3,(H,19,21)(H,20,22). The molecule has 6 nitrogen and oxygen atoms in total. The van der Waals surface area contributed by atoms with E-state index < -0.39 is 0 Å². The van der Waals surface area contributed by atoms with Crippen molar-refractivity contribution in [3.05, 3.63) is 53.5 Å². The summed E-state index contributed by atoms with van der Waals surface area (Å²) in [5, 5.41) is 5.64. The molecular formula is C18H20N2O4. The van der Waals surface area contributed by atoms with Crippen LogP contribution in [0.4, 0.5) is 5.69 Å². The van der Waals surface area contributed by atoms with Crippen molar-refractivity contribution in [3.8, 4) is 0 Å². The largest absolute Gasteiger partial charge is 0.469 e. The van der Waals surface area contributed by atoms with Gasteiger partial charge in [-0.15, -0.1) is 0 Å². The predicted molar refractivity (Wildman–Crippen MR) is 89.1 cm³/mol. The Labute approximate surface area is 140 Å². The van der Waals surface area contributed by atoms with Crippen LogP contribution >= 0.6 is 0 Å². The average Bonchev–Trinajstić information content (AvgIpc) is 3.24. The molecule has 0 bridgehead atoms. The number of nitrogens with one attached hydrogen (secondary N) is 2. The molecule has 2 aromatic rings. The van der Waals surface area contributed by atoms with E-state index in [4.69, 9.17) is 9.15 Å². The number of hydrogen-bond donors (Lipinski definition) is 2. The van der Waals surface area contributed by atoms with E-state index in [9.17, 15) is 9.59 Å². The summed E-state index contributed by atoms with van der Waals surface area (Å²) in [6, 6.07) is 8.52. The number of ether oxygens (including phenoxy) is 1. The minimum Gasteiger partial charge on any atom is -0.469 e. The Balaban J connectivity index is 1.69. The Morgan fingerprint density at radius 3 is 2.71 bits per heavy atom. The van der Waals surface area contributed by atoms with Crippen LogP contribution in [0.2, 0.25) is 0 Å². The van der Waals surface area contributed by atoms with Gasteiger partial charge in [-0.3, -0.25) is 9.59 Å². The Hall–Kier alpha value is -2.60. The van der Waals surface area contributed by atoms with Gasteiger partial charge in [0.05, 0.1) is 29.2 Å². The normalized spacial score (nSPS) is 16.8. The van der Waals surface area contributed by atoms with Crippen molar-refractivity contribution in [1.29, 1.82) is 0 Å². The maximum atomic E-state index is 12.4. The Kier molecular flexibility index (Phi) is 4.96. The van der Waals surface area contributed by atoms with Crippen LogP contribution in [0, 0.1) is 6.92 Å². The van der Waals surface area contributed by atoms with Crippen molar-refractivity contribution in [3.63, 3.8) is 0 Å². The van der Waals surface area contributed by atoms with E-state index in [-0.39, 0.29) is 17.9 Å². The fourth-order valence-electron chi connectivity index (χ4n) is 2.71. The maximum Gasteiger partial charge on any atom is 0.259 e. The number of furan rings is 1. The van der Waals surface area contributed by atoms with Crippen molar-refractivity contribution in [2.24, 2.45) is 0 Å². The third-order valence-corrected chi connectivity index (χ3v) is 4.04. The highest BCUT2D eigenvalue weighted by Crippen LogP contribution is 2.18. The van der Waals surface area contributed by atoms with Gasteiger partial charge >= 0.3 is 0 Å². The molecule has 0 aliphatic carbocycles. The van der Waals surface area contributed by atoms with E-state index in [0.717, 1.165) is 19.4 Å². The molecule has 2 amide bonds. The summed E-state index contributed by atoms with van der Waals surface area (Å²) in [4.78, 5) is 24.7. The van der Waals surface area contributed by atoms with Crippen LogP contribution in [0.1, 0.15) is 39.3 Å². The van der Waals surface area contributed by atoms with Crippen LogP contribution in [0.3, 0.4) is 0 Å². The smallest absolute Gasteiger partial charge is 0.259 e. The number of carbonyl (C=O) groups is 2. The Morgan fingerprint density at radius 2 is 2.00 bits per heavy atom. The third-order valence-electron chi connectivity index (χ3n) is 4.04. The topological polar surface area (TPSA) is 80.6 Å². The molecule has 6 heteroatoms. The summed E-state index contributed by atoms with van der Waals surface area (Å²) in [6.07, 6.45) is 3.52. The average molecular weight is 328 g/mol. The molecule has 2 heterocycles. The number of carbonyl (C=O) groups excluding carboxylic acids is 2. The molecule has 2 N–H and O–H groups in total. The van der Waals surface area contributed by atoms with Crippen LogP contribution in [-0.4, -0.2) is 31.1 Å². The number of amides is 2. The molecule has 1 aromatic carbocycles. The van der Waals surface area contributed by atoms with Gasteiger partial charge in [0, 0.05) is 13.2 Å². The van der Waals surface area contributed by atoms with Gasteiger partial charge in [-0.2, -0.15) is 0 Å². The summed E-state index contributed by atoms with van der Waals surface area (Å²) >= 11 is 0. The zero-order valence-electron chi connectivity index (χ0n) is 13.5. The van der Waals surface area contributed by atoms with E-state index in [1.807, 2.05) is 0 Å². The van der Waals surface area contributed by atoms with E-state index in [2.05, 4.69) is 10.6 Å². The number of hydrogen-bond acceptors (Lipinski definition) is 4. The van der Waals surface area contributed by atoms with Gasteiger partial charge in [0.1, 0.15) is 5.76 Å². The van der Waals surface area contributed by atoms with Crippen LogP contribution in [0.25, 0.3) is 0 Å². The fourth-order valence-corrected chi connectivity index (χ4v) is 2.71. The molecule has 0 radical (unpaired) electrons. The quantitative estimate of drug-likeness (QED) is 0.884. The van der Waals surface area contributed by atoms with Gasteiger partial charge in [-0.05, 0) is 38.0 Å². The lowest BCUT2D eigenvalue weighted by molar-refractivity contribution is 0.0858. The second-order valence-corrected chi connectivity index (χ2v) is 5.74. The van der Waals surface area contributed by atoms with Gasteiger partial charge in [0.2, 0.25) is 0 Å². The number of para-hydroxylation sites is 1. The predicted octanol–water partition coefficient (Wildman–Crippen LogP) is 2.75. The van der Waals surface area contributed by atoms with Crippen LogP contribution in [-0.2, 0) is 4.74 Å². The minimum atomic E-state index is -0.305. The first kappa shape index (κ1) is 16.3. The summed E-state index contributed by atoms with van der Waals surface area (Å²) in [6.45, 7) is 2.94. The van der Waals surface area contributed by atoms with Gasteiger partial charge in [-0.25, -0.2) is 0 Å². The van der Waals surface area contributed by atoms with Gasteiger partial charge in [0.25, 0.3) is 11.8 Å². The first-order valence-corrected chi connectivity index (χ1v) is 7.99. The van der Waals surface area contributed by atoms with Crippen molar-refractivity contribution < 1.29 is 18.7 Å². The van der Waals surface area contributed by atoms with Crippen molar-refractivity contribution in [2.75, 3.05) is 18.5 Å². The highest BCUT2D eigenvalue weighted by molar-refractivity contribution is 6.09. The van der Waals surface area contributed by atoms with E-state index in [0.29, 0.717) is 29.1 Å². The molecular weight excluding hydrogens is 308 g/mol. The lowest BCUT2D eigenvalue weighted by atomic mass is 10.1. The summed E-state index contributed by atoms with van der Waals surface area (Å²) in [7, 11) is 0. The zero-order chi connectivity index (χ0) is 16.9. The molecule has 1 atom stereocenters. The molecule has 3 rings (SSSR count). The van der Waals surface area contributed by atoms with E-state index in [1.165, 1.54) is 6.26 Å². The molecule has 1 aromatic heterocycles. The zero-order valence-corrected chi connectivity index (χ0v) is 13.5. The van der Waals surface area contributed by atoms with Crippen molar-refractivity contribution >= 4 is 17.5 Å². The molecule has 0 spiro atoms. The molecule has 1 saturated heterocycles. The lowest BCUT2D eigenvalue weighted by Gasteiger charge is -2.13. The Morgan fingerprint density at radius 1 is 1.17 bits per heavy atom. The molecule has 1 aliphatic rings. The molecule has 24 heavy (non-hydrogen) atoms. The Bertz CT molecular complexity index is 732. The molecule has 1 aliphatic heterocycles. The van der Waals surface area contributed by atoms with Crippen LogP contribution in [0.5, 0.6) is 0 Å². The van der Waals surface area contributed by atoms with E-state index in [1.54, 1.807) is 37.3 Å². The highest BCUT2D eigenvalue weighted by Gasteiger charge is 2.19. The van der Waals surface area contributed by atoms with Crippen molar-refractivity contribution in [1.82, 2.24) is 5.32 Å². The van der Waals surface area contributed by atoms with Gasteiger partial charge in [0.15, 0.2) is 0 Å². The molecule has 1 unspecified atom stereocenters. The number of aryl methyl sites for hydroxylation is 1. The molecule has 0 saturated carbocycles. The number of rotatable bonds is 5. The fraction of sp³-hybridized carbons (Fsp3) is 0.333. The summed E-state index contributed by atoms with van der Waals surface area (Å²) < 4.78 is 10.6. The minimum absolute atomic E-state index is 0.0734.